The summed E-state index contributed by atoms with van der Waals surface area (Å²) >= 11 is 0. The van der Waals surface area contributed by atoms with Crippen molar-refractivity contribution in [3.8, 4) is 6.07 Å². The van der Waals surface area contributed by atoms with Crippen LogP contribution >= 0.6 is 0 Å². The maximum Gasteiger partial charge on any atom is 0.240 e. The van der Waals surface area contributed by atoms with E-state index >= 15 is 0 Å². The van der Waals surface area contributed by atoms with Crippen molar-refractivity contribution < 1.29 is 9.53 Å². The minimum Gasteiger partial charge on any atom is -0.381 e. The maximum atomic E-state index is 12.3. The van der Waals surface area contributed by atoms with Gasteiger partial charge in [-0.3, -0.25) is 4.79 Å². The van der Waals surface area contributed by atoms with Crippen molar-refractivity contribution in [1.29, 1.82) is 5.26 Å². The highest BCUT2D eigenvalue weighted by molar-refractivity contribution is 5.85. The lowest BCUT2D eigenvalue weighted by molar-refractivity contribution is -0.131. The molecule has 1 rings (SSSR count). The van der Waals surface area contributed by atoms with E-state index in [-0.39, 0.29) is 18.1 Å². The molecule has 18 heavy (non-hydrogen) atoms. The molecule has 1 aliphatic carbocycles. The Morgan fingerprint density at radius 3 is 2.33 bits per heavy atom. The monoisotopic (exact) mass is 252 g/mol. The first kappa shape index (κ1) is 15.0. The fraction of sp³-hybridized carbons (Fsp3) is 0.857. The second kappa shape index (κ2) is 6.75. The number of carbonyl (C=O) groups is 1. The summed E-state index contributed by atoms with van der Waals surface area (Å²) in [5.74, 6) is -0.0896. The first-order valence-corrected chi connectivity index (χ1v) is 6.86. The van der Waals surface area contributed by atoms with Crippen LogP contribution in [-0.2, 0) is 9.53 Å². The van der Waals surface area contributed by atoms with Gasteiger partial charge in [-0.05, 0) is 25.7 Å². The molecule has 0 aromatic heterocycles. The Kier molecular flexibility index (Phi) is 5.61. The lowest BCUT2D eigenvalue weighted by Gasteiger charge is -2.37. The van der Waals surface area contributed by atoms with Crippen LogP contribution in [0.5, 0.6) is 0 Å². The third-order valence-corrected chi connectivity index (χ3v) is 3.77. The average Bonchev–Trinajstić information content (AvgIpc) is 2.32. The standard InChI is InChI=1S/C14H24N2O2/c1-4-6-14(10-15,7-5-2)13(17)16-11-8-12(9-11)18-3/h11-12H,4-9H2,1-3H3,(H,16,17). The number of nitrogens with one attached hydrogen (secondary N) is 1. The highest BCUT2D eigenvalue weighted by Gasteiger charge is 2.40. The van der Waals surface area contributed by atoms with E-state index in [0.29, 0.717) is 12.8 Å². The first-order chi connectivity index (χ1) is 8.61. The molecule has 4 nitrogen and oxygen atoms in total. The normalized spacial score (nSPS) is 23.0. The van der Waals surface area contributed by atoms with Crippen LogP contribution in [-0.4, -0.2) is 25.2 Å². The third-order valence-electron chi connectivity index (χ3n) is 3.77. The quantitative estimate of drug-likeness (QED) is 0.756. The van der Waals surface area contributed by atoms with Crippen LogP contribution in [0.4, 0.5) is 0 Å². The van der Waals surface area contributed by atoms with Crippen LogP contribution in [0.25, 0.3) is 0 Å². The molecule has 0 aromatic rings. The number of nitrogens with zero attached hydrogens (tertiary/aromatic N) is 1. The van der Waals surface area contributed by atoms with Crippen LogP contribution in [0.1, 0.15) is 52.4 Å². The van der Waals surface area contributed by atoms with Crippen LogP contribution in [0.2, 0.25) is 0 Å². The molecule has 0 spiro atoms. The summed E-state index contributed by atoms with van der Waals surface area (Å²) in [6, 6.07) is 2.44. The smallest absolute Gasteiger partial charge is 0.240 e. The zero-order chi connectivity index (χ0) is 13.6. The molecule has 0 radical (unpaired) electrons. The van der Waals surface area contributed by atoms with Gasteiger partial charge in [-0.1, -0.05) is 26.7 Å². The summed E-state index contributed by atoms with van der Waals surface area (Å²) in [6.07, 6.45) is 4.99. The molecule has 4 heteroatoms. The number of nitriles is 1. The van der Waals surface area contributed by atoms with Crippen LogP contribution in [0.15, 0.2) is 0 Å². The van der Waals surface area contributed by atoms with E-state index < -0.39 is 5.41 Å². The van der Waals surface area contributed by atoms with Crippen LogP contribution < -0.4 is 5.32 Å². The Morgan fingerprint density at radius 1 is 1.39 bits per heavy atom. The van der Waals surface area contributed by atoms with Gasteiger partial charge in [-0.15, -0.1) is 0 Å². The van der Waals surface area contributed by atoms with Gasteiger partial charge in [0.15, 0.2) is 0 Å². The lowest BCUT2D eigenvalue weighted by atomic mass is 9.78. The predicted molar refractivity (Wildman–Crippen MR) is 69.8 cm³/mol. The SMILES string of the molecule is CCCC(C#N)(CCC)C(=O)NC1CC(OC)C1. The molecular weight excluding hydrogens is 228 g/mol. The summed E-state index contributed by atoms with van der Waals surface area (Å²) in [5.41, 5.74) is -0.832. The topological polar surface area (TPSA) is 62.1 Å². The first-order valence-electron chi connectivity index (χ1n) is 6.86. The molecule has 0 unspecified atom stereocenters. The largest absolute Gasteiger partial charge is 0.381 e. The van der Waals surface area contributed by atoms with E-state index in [9.17, 15) is 10.1 Å². The van der Waals surface area contributed by atoms with Gasteiger partial charge >= 0.3 is 0 Å². The van der Waals surface area contributed by atoms with Crippen molar-refractivity contribution in [2.45, 2.75) is 64.5 Å². The molecule has 1 aliphatic rings. The summed E-state index contributed by atoms with van der Waals surface area (Å²) < 4.78 is 5.19. The van der Waals surface area contributed by atoms with E-state index in [0.717, 1.165) is 25.7 Å². The fourth-order valence-corrected chi connectivity index (χ4v) is 2.57. The summed E-state index contributed by atoms with van der Waals surface area (Å²) in [6.45, 7) is 4.03. The Morgan fingerprint density at radius 2 is 1.94 bits per heavy atom. The molecule has 0 bridgehead atoms. The fourth-order valence-electron chi connectivity index (χ4n) is 2.57. The molecular formula is C14H24N2O2. The maximum absolute atomic E-state index is 12.3. The highest BCUT2D eigenvalue weighted by atomic mass is 16.5. The van der Waals surface area contributed by atoms with E-state index in [4.69, 9.17) is 4.74 Å². The minimum absolute atomic E-state index is 0.0896. The molecule has 0 saturated heterocycles. The zero-order valence-corrected chi connectivity index (χ0v) is 11.7. The van der Waals surface area contributed by atoms with E-state index in [2.05, 4.69) is 11.4 Å². The number of ether oxygens (including phenoxy) is 1. The van der Waals surface area contributed by atoms with Crippen molar-refractivity contribution in [1.82, 2.24) is 5.32 Å². The summed E-state index contributed by atoms with van der Waals surface area (Å²) in [4.78, 5) is 12.3. The molecule has 0 aliphatic heterocycles. The molecule has 0 heterocycles. The molecule has 102 valence electrons. The number of hydrogen-bond donors (Lipinski definition) is 1. The predicted octanol–water partition coefficient (Wildman–Crippen LogP) is 2.39. The van der Waals surface area contributed by atoms with Gasteiger partial charge in [0, 0.05) is 13.2 Å². The number of carbonyl (C=O) groups excluding carboxylic acids is 1. The van der Waals surface area contributed by atoms with E-state index in [1.165, 1.54) is 0 Å². The molecule has 0 atom stereocenters. The highest BCUT2D eigenvalue weighted by Crippen LogP contribution is 2.31. The molecule has 1 saturated carbocycles. The number of hydrogen-bond acceptors (Lipinski definition) is 3. The zero-order valence-electron chi connectivity index (χ0n) is 11.7. The van der Waals surface area contributed by atoms with Crippen molar-refractivity contribution in [2.24, 2.45) is 5.41 Å². The van der Waals surface area contributed by atoms with Crippen LogP contribution in [0, 0.1) is 16.7 Å². The van der Waals surface area contributed by atoms with Crippen molar-refractivity contribution in [3.63, 3.8) is 0 Å². The second-order valence-electron chi connectivity index (χ2n) is 5.19. The van der Waals surface area contributed by atoms with Crippen molar-refractivity contribution in [2.75, 3.05) is 7.11 Å². The molecule has 0 aromatic carbocycles. The molecule has 1 amide bonds. The van der Waals surface area contributed by atoms with E-state index in [1.807, 2.05) is 13.8 Å². The van der Waals surface area contributed by atoms with Gasteiger partial charge < -0.3 is 10.1 Å². The van der Waals surface area contributed by atoms with Crippen LogP contribution in [0.3, 0.4) is 0 Å². The van der Waals surface area contributed by atoms with Crippen molar-refractivity contribution in [3.05, 3.63) is 0 Å². The van der Waals surface area contributed by atoms with Crippen molar-refractivity contribution >= 4 is 5.91 Å². The van der Waals surface area contributed by atoms with E-state index in [1.54, 1.807) is 7.11 Å². The van der Waals surface area contributed by atoms with Gasteiger partial charge in [0.05, 0.1) is 12.2 Å². The van der Waals surface area contributed by atoms with Gasteiger partial charge in [0.2, 0.25) is 5.91 Å². The van der Waals surface area contributed by atoms with Gasteiger partial charge in [-0.2, -0.15) is 5.26 Å². The average molecular weight is 252 g/mol. The Balaban J connectivity index is 2.57. The van der Waals surface area contributed by atoms with Gasteiger partial charge in [-0.25, -0.2) is 0 Å². The Hall–Kier alpha value is -1.08. The Labute approximate surface area is 110 Å². The van der Waals surface area contributed by atoms with Gasteiger partial charge in [0.1, 0.15) is 5.41 Å². The third kappa shape index (κ3) is 3.23. The Bertz CT molecular complexity index is 310. The second-order valence-corrected chi connectivity index (χ2v) is 5.19. The number of amides is 1. The van der Waals surface area contributed by atoms with Gasteiger partial charge in [0.25, 0.3) is 0 Å². The number of methoxy groups -OCH3 is 1. The summed E-state index contributed by atoms with van der Waals surface area (Å²) in [7, 11) is 1.69. The summed E-state index contributed by atoms with van der Waals surface area (Å²) in [5, 5.41) is 12.4. The minimum atomic E-state index is -0.832. The molecule has 1 fully saturated rings. The molecule has 1 N–H and O–H groups in total. The number of rotatable bonds is 7. The lowest BCUT2D eigenvalue weighted by Crippen LogP contribution is -2.52.